The van der Waals surface area contributed by atoms with Crippen molar-refractivity contribution < 1.29 is 34.8 Å². The summed E-state index contributed by atoms with van der Waals surface area (Å²) < 4.78 is 4.63. The Hall–Kier alpha value is -0.480. The van der Waals surface area contributed by atoms with Crippen molar-refractivity contribution in [3.8, 4) is 0 Å². The van der Waals surface area contributed by atoms with Crippen LogP contribution in [0.1, 0.15) is 25.7 Å². The molecule has 0 bridgehead atoms. The highest BCUT2D eigenvalue weighted by molar-refractivity contribution is 7.80. The number of hydrogen-bond acceptors (Lipinski definition) is 7. The summed E-state index contributed by atoms with van der Waals surface area (Å²) in [6, 6.07) is 0. The van der Waals surface area contributed by atoms with Crippen LogP contribution in [-0.2, 0) is 14.3 Å². The smallest absolute Gasteiger partial charge is 0.303 e. The number of carbonyl (C=O) groups is 2. The van der Waals surface area contributed by atoms with Gasteiger partial charge < -0.3 is 25.2 Å². The third-order valence-corrected chi connectivity index (χ3v) is 2.20. The van der Waals surface area contributed by atoms with Gasteiger partial charge in [0, 0.05) is 12.8 Å². The molecule has 0 aromatic rings. The minimum absolute atomic E-state index is 0.0278. The summed E-state index contributed by atoms with van der Waals surface area (Å²) in [4.78, 5) is 19.4. The van der Waals surface area contributed by atoms with E-state index >= 15 is 0 Å². The molecule has 0 aromatic heterocycles. The molecule has 0 radical (unpaired) electrons. The molecular weight excluding hydrogens is 320 g/mol. The van der Waals surface area contributed by atoms with Gasteiger partial charge in [-0.3, -0.25) is 9.59 Å². The van der Waals surface area contributed by atoms with Gasteiger partial charge in [0.2, 0.25) is 0 Å². The number of hydrogen-bond donors (Lipinski definition) is 6. The largest absolute Gasteiger partial charge is 0.481 e. The molecule has 0 amide bonds. The van der Waals surface area contributed by atoms with Crippen LogP contribution in [0.3, 0.4) is 0 Å². The maximum absolute atomic E-state index is 9.72. The lowest BCUT2D eigenvalue weighted by atomic mass is 10.3. The summed E-state index contributed by atoms with van der Waals surface area (Å²) in [5.74, 6) is -0.165. The molecule has 0 aromatic carbocycles. The Balaban J connectivity index is -0.000000231. The molecule has 21 heavy (non-hydrogen) atoms. The lowest BCUT2D eigenvalue weighted by Crippen LogP contribution is -2.03. The summed E-state index contributed by atoms with van der Waals surface area (Å²) in [7, 11) is 0. The van der Waals surface area contributed by atoms with E-state index in [2.05, 4.69) is 30.0 Å². The summed E-state index contributed by atoms with van der Waals surface area (Å²) in [6.45, 7) is 0.696. The van der Waals surface area contributed by atoms with E-state index in [1.54, 1.807) is 0 Å². The van der Waals surface area contributed by atoms with Crippen LogP contribution in [-0.4, -0.2) is 70.3 Å². The molecule has 0 aliphatic heterocycles. The zero-order chi connectivity index (χ0) is 16.9. The van der Waals surface area contributed by atoms with Crippen LogP contribution in [0.5, 0.6) is 0 Å². The first-order valence-corrected chi connectivity index (χ1v) is 7.67. The molecule has 0 atom stereocenters. The molecule has 0 rings (SSSR count). The average Bonchev–Trinajstić information content (AvgIpc) is 2.44. The first-order chi connectivity index (χ1) is 9.95. The van der Waals surface area contributed by atoms with Gasteiger partial charge in [-0.05, 0) is 24.3 Å². The van der Waals surface area contributed by atoms with Crippen molar-refractivity contribution >= 4 is 37.2 Å². The number of carboxylic acids is 2. The Morgan fingerprint density at radius 3 is 1.29 bits per heavy atom. The molecule has 0 aliphatic rings. The van der Waals surface area contributed by atoms with E-state index in [-0.39, 0.29) is 26.1 Å². The van der Waals surface area contributed by atoms with Crippen molar-refractivity contribution in [2.45, 2.75) is 25.7 Å². The monoisotopic (exact) mass is 346 g/mol. The molecule has 128 valence electrons. The fourth-order valence-electron chi connectivity index (χ4n) is 0.692. The van der Waals surface area contributed by atoms with Gasteiger partial charge in [0.05, 0.1) is 26.4 Å². The number of thiol groups is 2. The van der Waals surface area contributed by atoms with Crippen molar-refractivity contribution in [3.63, 3.8) is 0 Å². The molecule has 4 N–H and O–H groups in total. The highest BCUT2D eigenvalue weighted by Crippen LogP contribution is 1.89. The fourth-order valence-corrected chi connectivity index (χ4v) is 1.01. The van der Waals surface area contributed by atoms with E-state index < -0.39 is 11.9 Å². The fraction of sp³-hybridized carbons (Fsp3) is 0.833. The summed E-state index contributed by atoms with van der Waals surface area (Å²) in [6.07, 6.45) is 1.81. The van der Waals surface area contributed by atoms with Crippen molar-refractivity contribution in [3.05, 3.63) is 0 Å². The van der Waals surface area contributed by atoms with Crippen molar-refractivity contribution in [2.24, 2.45) is 0 Å². The maximum Gasteiger partial charge on any atom is 0.303 e. The van der Waals surface area contributed by atoms with Crippen LogP contribution in [0.2, 0.25) is 0 Å². The molecule has 0 spiro atoms. The van der Waals surface area contributed by atoms with Gasteiger partial charge in [0.25, 0.3) is 0 Å². The van der Waals surface area contributed by atoms with E-state index in [1.165, 1.54) is 0 Å². The SMILES string of the molecule is O=C(O)CCCS.O=C(O)CCCS.OCCOCCO. The zero-order valence-electron chi connectivity index (χ0n) is 12.0. The first kappa shape index (κ1) is 25.5. The van der Waals surface area contributed by atoms with Crippen molar-refractivity contribution in [1.29, 1.82) is 0 Å². The second-order valence-electron chi connectivity index (χ2n) is 3.50. The van der Waals surface area contributed by atoms with Crippen LogP contribution in [0.15, 0.2) is 0 Å². The number of ether oxygens (including phenoxy) is 1. The number of aliphatic hydroxyl groups excluding tert-OH is 2. The lowest BCUT2D eigenvalue weighted by Gasteiger charge is -1.94. The van der Waals surface area contributed by atoms with E-state index in [4.69, 9.17) is 20.4 Å². The molecule has 0 saturated carbocycles. The number of aliphatic carboxylic acids is 2. The van der Waals surface area contributed by atoms with Gasteiger partial charge in [-0.2, -0.15) is 25.3 Å². The van der Waals surface area contributed by atoms with E-state index in [1.807, 2.05) is 0 Å². The molecule has 0 fully saturated rings. The summed E-state index contributed by atoms with van der Waals surface area (Å²) in [5, 5.41) is 32.2. The molecule has 0 saturated heterocycles. The highest BCUT2D eigenvalue weighted by Gasteiger charge is 1.91. The summed E-state index contributed by atoms with van der Waals surface area (Å²) in [5.41, 5.74) is 0. The second kappa shape index (κ2) is 24.5. The average molecular weight is 346 g/mol. The van der Waals surface area contributed by atoms with Crippen LogP contribution >= 0.6 is 25.3 Å². The molecule has 7 nitrogen and oxygen atoms in total. The van der Waals surface area contributed by atoms with Gasteiger partial charge in [-0.15, -0.1) is 0 Å². The van der Waals surface area contributed by atoms with Crippen LogP contribution in [0, 0.1) is 0 Å². The standard InChI is InChI=1S/C4H10O3.2C4H8O2S/c5-1-3-7-4-2-6;2*5-4(6)2-1-3-7/h5-6H,1-4H2;2*7H,1-3H2,(H,5,6). The van der Waals surface area contributed by atoms with Crippen molar-refractivity contribution in [2.75, 3.05) is 37.9 Å². The van der Waals surface area contributed by atoms with Gasteiger partial charge >= 0.3 is 11.9 Å². The molecule has 0 unspecified atom stereocenters. The van der Waals surface area contributed by atoms with Crippen LogP contribution in [0.4, 0.5) is 0 Å². The van der Waals surface area contributed by atoms with Crippen LogP contribution < -0.4 is 0 Å². The zero-order valence-corrected chi connectivity index (χ0v) is 13.8. The van der Waals surface area contributed by atoms with E-state index in [0.717, 1.165) is 0 Å². The van der Waals surface area contributed by atoms with Gasteiger partial charge in [0.1, 0.15) is 0 Å². The minimum Gasteiger partial charge on any atom is -0.481 e. The third-order valence-electron chi connectivity index (χ3n) is 1.57. The van der Waals surface area contributed by atoms with E-state index in [9.17, 15) is 9.59 Å². The molecule has 0 aliphatic carbocycles. The highest BCUT2D eigenvalue weighted by atomic mass is 32.1. The lowest BCUT2D eigenvalue weighted by molar-refractivity contribution is -0.138. The Morgan fingerprint density at radius 2 is 1.14 bits per heavy atom. The summed E-state index contributed by atoms with van der Waals surface area (Å²) >= 11 is 7.66. The Kier molecular flexibility index (Phi) is 29.8. The first-order valence-electron chi connectivity index (χ1n) is 6.40. The second-order valence-corrected chi connectivity index (χ2v) is 4.40. The van der Waals surface area contributed by atoms with Gasteiger partial charge in [-0.1, -0.05) is 0 Å². The Bertz CT molecular complexity index is 206. The van der Waals surface area contributed by atoms with Gasteiger partial charge in [0.15, 0.2) is 0 Å². The third kappa shape index (κ3) is 45.1. The number of aliphatic hydroxyl groups is 2. The molecular formula is C12H26O7S2. The molecule has 9 heteroatoms. The predicted octanol–water partition coefficient (Wildman–Crippen LogP) is 0.550. The predicted molar refractivity (Wildman–Crippen MR) is 86.4 cm³/mol. The minimum atomic E-state index is -0.742. The Labute approximate surface area is 136 Å². The maximum atomic E-state index is 9.72. The topological polar surface area (TPSA) is 124 Å². The number of carboxylic acid groups (broad SMARTS) is 2. The van der Waals surface area contributed by atoms with Crippen LogP contribution in [0.25, 0.3) is 0 Å². The number of rotatable bonds is 10. The van der Waals surface area contributed by atoms with E-state index in [0.29, 0.717) is 37.6 Å². The van der Waals surface area contributed by atoms with Crippen molar-refractivity contribution in [1.82, 2.24) is 0 Å². The molecule has 0 heterocycles. The quantitative estimate of drug-likeness (QED) is 0.252. The Morgan fingerprint density at radius 1 is 0.810 bits per heavy atom. The van der Waals surface area contributed by atoms with Gasteiger partial charge in [-0.25, -0.2) is 0 Å². The normalized spacial score (nSPS) is 8.95.